The highest BCUT2D eigenvalue weighted by atomic mass is 16.5. The first-order valence-corrected chi connectivity index (χ1v) is 11.0. The normalized spacial score (nSPS) is 13.3. The van der Waals surface area contributed by atoms with E-state index in [2.05, 4.69) is 35.2 Å². The predicted molar refractivity (Wildman–Crippen MR) is 127 cm³/mol. The molecule has 0 spiro atoms. The molecule has 1 aliphatic rings. The fourth-order valence-corrected chi connectivity index (χ4v) is 3.84. The van der Waals surface area contributed by atoms with Crippen molar-refractivity contribution >= 4 is 11.6 Å². The third kappa shape index (κ3) is 5.71. The number of rotatable bonds is 7. The van der Waals surface area contributed by atoms with E-state index < -0.39 is 0 Å². The Morgan fingerprint density at radius 2 is 1.82 bits per heavy atom. The van der Waals surface area contributed by atoms with Crippen molar-refractivity contribution in [3.63, 3.8) is 0 Å². The largest absolute Gasteiger partial charge is 0.489 e. The molecule has 168 valence electrons. The fourth-order valence-electron chi connectivity index (χ4n) is 3.84. The average Bonchev–Trinajstić information content (AvgIpc) is 2.88. The van der Waals surface area contributed by atoms with Gasteiger partial charge in [0, 0.05) is 43.5 Å². The lowest BCUT2D eigenvalue weighted by atomic mass is 10.1. The molecule has 4 rings (SSSR count). The molecule has 0 aromatic heterocycles. The number of carbonyl (C=O) groups excluding carboxylic acids is 1. The van der Waals surface area contributed by atoms with Crippen molar-refractivity contribution in [2.24, 2.45) is 0 Å². The number of nitriles is 1. The quantitative estimate of drug-likeness (QED) is 0.549. The summed E-state index contributed by atoms with van der Waals surface area (Å²) in [5.74, 6) is 0.520. The second-order valence-corrected chi connectivity index (χ2v) is 8.01. The van der Waals surface area contributed by atoms with Gasteiger partial charge in [0.15, 0.2) is 0 Å². The van der Waals surface area contributed by atoms with Crippen molar-refractivity contribution in [2.75, 3.05) is 38.3 Å². The van der Waals surface area contributed by atoms with Crippen LogP contribution in [0.25, 0.3) is 0 Å². The molecule has 1 heterocycles. The molecular weight excluding hydrogens is 414 g/mol. The summed E-state index contributed by atoms with van der Waals surface area (Å²) >= 11 is 0. The predicted octanol–water partition coefficient (Wildman–Crippen LogP) is 4.25. The lowest BCUT2D eigenvalue weighted by molar-refractivity contribution is 0.0784. The van der Waals surface area contributed by atoms with Crippen LogP contribution in [0.1, 0.15) is 27.0 Å². The van der Waals surface area contributed by atoms with Crippen molar-refractivity contribution in [3.05, 3.63) is 95.1 Å². The van der Waals surface area contributed by atoms with Crippen molar-refractivity contribution in [3.8, 4) is 11.8 Å². The van der Waals surface area contributed by atoms with Gasteiger partial charge in [0.1, 0.15) is 12.4 Å². The zero-order valence-electron chi connectivity index (χ0n) is 18.7. The monoisotopic (exact) mass is 441 g/mol. The topological polar surface area (TPSA) is 65.8 Å². The minimum Gasteiger partial charge on any atom is -0.489 e. The molecule has 0 atom stereocenters. The molecule has 0 saturated carbocycles. The van der Waals surface area contributed by atoms with E-state index in [0.29, 0.717) is 23.4 Å². The van der Waals surface area contributed by atoms with Crippen LogP contribution in [0.4, 0.5) is 5.69 Å². The molecule has 0 unspecified atom stereocenters. The molecule has 6 heteroatoms. The number of benzene rings is 3. The molecule has 1 aliphatic heterocycles. The molecule has 3 aromatic carbocycles. The van der Waals surface area contributed by atoms with Crippen LogP contribution < -0.4 is 9.64 Å². The van der Waals surface area contributed by atoms with Gasteiger partial charge in [0.2, 0.25) is 0 Å². The second-order valence-electron chi connectivity index (χ2n) is 8.01. The summed E-state index contributed by atoms with van der Waals surface area (Å²) in [5.41, 5.74) is 4.22. The second kappa shape index (κ2) is 10.7. The van der Waals surface area contributed by atoms with E-state index in [-0.39, 0.29) is 12.5 Å². The highest BCUT2D eigenvalue weighted by Gasteiger charge is 2.15. The lowest BCUT2D eigenvalue weighted by Crippen LogP contribution is -2.36. The Kier molecular flexibility index (Phi) is 7.23. The summed E-state index contributed by atoms with van der Waals surface area (Å²) in [4.78, 5) is 17.0. The Morgan fingerprint density at radius 3 is 2.58 bits per heavy atom. The van der Waals surface area contributed by atoms with Crippen LogP contribution in [0.3, 0.4) is 0 Å². The first-order valence-electron chi connectivity index (χ1n) is 11.0. The van der Waals surface area contributed by atoms with Crippen LogP contribution in [-0.4, -0.2) is 44.2 Å². The van der Waals surface area contributed by atoms with Gasteiger partial charge >= 0.3 is 0 Å². The van der Waals surface area contributed by atoms with Crippen LogP contribution in [0, 0.1) is 11.3 Å². The van der Waals surface area contributed by atoms with E-state index in [1.165, 1.54) is 5.69 Å². The van der Waals surface area contributed by atoms with Crippen molar-refractivity contribution in [1.29, 1.82) is 5.26 Å². The lowest BCUT2D eigenvalue weighted by Gasteiger charge is -2.29. The Bertz CT molecular complexity index is 1130. The molecule has 0 bridgehead atoms. The Balaban J connectivity index is 1.37. The molecule has 33 heavy (non-hydrogen) atoms. The van der Waals surface area contributed by atoms with Gasteiger partial charge in [-0.15, -0.1) is 0 Å². The first kappa shape index (κ1) is 22.4. The average molecular weight is 442 g/mol. The molecule has 6 nitrogen and oxygen atoms in total. The summed E-state index contributed by atoms with van der Waals surface area (Å²) < 4.78 is 11.3. The highest BCUT2D eigenvalue weighted by molar-refractivity contribution is 5.94. The fraction of sp³-hybridized carbons (Fsp3) is 0.259. The van der Waals surface area contributed by atoms with E-state index >= 15 is 0 Å². The van der Waals surface area contributed by atoms with Crippen LogP contribution in [0.2, 0.25) is 0 Å². The van der Waals surface area contributed by atoms with Gasteiger partial charge in [-0.05, 0) is 42.0 Å². The van der Waals surface area contributed by atoms with E-state index in [9.17, 15) is 10.1 Å². The van der Waals surface area contributed by atoms with Gasteiger partial charge in [-0.1, -0.05) is 36.4 Å². The number of nitrogens with zero attached hydrogens (tertiary/aromatic N) is 3. The maximum Gasteiger partial charge on any atom is 0.254 e. The maximum absolute atomic E-state index is 13.0. The van der Waals surface area contributed by atoms with Gasteiger partial charge < -0.3 is 19.3 Å². The summed E-state index contributed by atoms with van der Waals surface area (Å²) in [6.45, 7) is 4.10. The maximum atomic E-state index is 13.0. The van der Waals surface area contributed by atoms with Crippen LogP contribution in [0.5, 0.6) is 5.75 Å². The molecule has 1 saturated heterocycles. The van der Waals surface area contributed by atoms with Crippen molar-refractivity contribution < 1.29 is 14.3 Å². The molecule has 0 N–H and O–H groups in total. The third-order valence-electron chi connectivity index (χ3n) is 5.69. The minimum atomic E-state index is -0.0740. The number of hydrogen-bond acceptors (Lipinski definition) is 5. The van der Waals surface area contributed by atoms with Crippen LogP contribution in [0.15, 0.2) is 72.8 Å². The molecule has 0 radical (unpaired) electrons. The van der Waals surface area contributed by atoms with Gasteiger partial charge in [-0.2, -0.15) is 5.26 Å². The Morgan fingerprint density at radius 1 is 1.06 bits per heavy atom. The first-order chi connectivity index (χ1) is 16.1. The molecule has 0 aliphatic carbocycles. The summed E-state index contributed by atoms with van der Waals surface area (Å²) in [6, 6.07) is 25.0. The standard InChI is InChI=1S/C27H27N3O3/c1-29(19-21-9-11-25(12-10-21)30-13-15-32-16-14-30)27(31)22-7-4-8-26(17-22)33-20-24-6-3-2-5-23(24)18-28/h2-12,17H,13-16,19-20H2,1H3. The molecule has 3 aromatic rings. The zero-order chi connectivity index (χ0) is 23.0. The van der Waals surface area contributed by atoms with Crippen molar-refractivity contribution in [2.45, 2.75) is 13.2 Å². The van der Waals surface area contributed by atoms with Crippen LogP contribution in [-0.2, 0) is 17.9 Å². The molecule has 1 amide bonds. The minimum absolute atomic E-state index is 0.0740. The number of carbonyl (C=O) groups is 1. The highest BCUT2D eigenvalue weighted by Crippen LogP contribution is 2.20. The summed E-state index contributed by atoms with van der Waals surface area (Å²) in [5, 5.41) is 9.23. The van der Waals surface area contributed by atoms with Crippen molar-refractivity contribution in [1.82, 2.24) is 4.90 Å². The summed E-state index contributed by atoms with van der Waals surface area (Å²) in [7, 11) is 1.80. The van der Waals surface area contributed by atoms with Gasteiger partial charge in [0.05, 0.1) is 24.8 Å². The van der Waals surface area contributed by atoms with Gasteiger partial charge in [0.25, 0.3) is 5.91 Å². The molecule has 1 fully saturated rings. The number of amides is 1. The Hall–Kier alpha value is -3.82. The number of hydrogen-bond donors (Lipinski definition) is 0. The Labute approximate surface area is 194 Å². The number of anilines is 1. The van der Waals surface area contributed by atoms with Gasteiger partial charge in [-0.3, -0.25) is 4.79 Å². The van der Waals surface area contributed by atoms with Gasteiger partial charge in [-0.25, -0.2) is 0 Å². The molecular formula is C27H27N3O3. The van der Waals surface area contributed by atoms with E-state index in [1.54, 1.807) is 30.1 Å². The smallest absolute Gasteiger partial charge is 0.254 e. The third-order valence-corrected chi connectivity index (χ3v) is 5.69. The van der Waals surface area contributed by atoms with E-state index in [1.807, 2.05) is 30.3 Å². The number of ether oxygens (including phenoxy) is 2. The zero-order valence-corrected chi connectivity index (χ0v) is 18.7. The van der Waals surface area contributed by atoms with Crippen LogP contribution >= 0.6 is 0 Å². The number of morpholine rings is 1. The van der Waals surface area contributed by atoms with E-state index in [4.69, 9.17) is 9.47 Å². The summed E-state index contributed by atoms with van der Waals surface area (Å²) in [6.07, 6.45) is 0. The SMILES string of the molecule is CN(Cc1ccc(N2CCOCC2)cc1)C(=O)c1cccc(OCc2ccccc2C#N)c1. The van der Waals surface area contributed by atoms with E-state index in [0.717, 1.165) is 37.4 Å².